The molecular formula is C20H20N2O3. The molecule has 0 spiro atoms. The van der Waals surface area contributed by atoms with Gasteiger partial charge in [-0.2, -0.15) is 0 Å². The number of nitrogens with one attached hydrogen (secondary N) is 1. The van der Waals surface area contributed by atoms with Crippen LogP contribution in [0, 0.1) is 0 Å². The van der Waals surface area contributed by atoms with Crippen molar-refractivity contribution in [1.82, 2.24) is 4.98 Å². The second kappa shape index (κ2) is 7.21. The number of carbonyl (C=O) groups is 1. The van der Waals surface area contributed by atoms with Crippen LogP contribution in [0.5, 0.6) is 5.75 Å². The van der Waals surface area contributed by atoms with Gasteiger partial charge in [0.25, 0.3) is 0 Å². The molecule has 0 amide bonds. The van der Waals surface area contributed by atoms with Crippen LogP contribution < -0.4 is 10.1 Å². The lowest BCUT2D eigenvalue weighted by Gasteiger charge is -2.16. The van der Waals surface area contributed by atoms with E-state index in [1.807, 2.05) is 30.3 Å². The number of aromatic nitrogens is 1. The summed E-state index contributed by atoms with van der Waals surface area (Å²) >= 11 is 0. The van der Waals surface area contributed by atoms with Crippen molar-refractivity contribution < 1.29 is 14.6 Å². The maximum atomic E-state index is 11.1. The molecule has 3 rings (SSSR count). The first-order chi connectivity index (χ1) is 12.1. The number of benzene rings is 2. The fourth-order valence-corrected chi connectivity index (χ4v) is 2.87. The highest BCUT2D eigenvalue weighted by Gasteiger charge is 2.14. The Morgan fingerprint density at radius 3 is 2.64 bits per heavy atom. The third-order valence-corrected chi connectivity index (χ3v) is 4.22. The van der Waals surface area contributed by atoms with Crippen LogP contribution in [-0.2, 0) is 11.2 Å². The molecule has 0 bridgehead atoms. The molecule has 1 unspecified atom stereocenters. The van der Waals surface area contributed by atoms with Gasteiger partial charge in [0, 0.05) is 29.9 Å². The second-order valence-electron chi connectivity index (χ2n) is 5.89. The maximum absolute atomic E-state index is 11.1. The summed E-state index contributed by atoms with van der Waals surface area (Å²) in [6.45, 7) is 1.62. The first-order valence-corrected chi connectivity index (χ1v) is 8.07. The number of anilines is 1. The van der Waals surface area contributed by atoms with E-state index in [4.69, 9.17) is 9.84 Å². The van der Waals surface area contributed by atoms with Crippen molar-refractivity contribution in [1.29, 1.82) is 0 Å². The number of methoxy groups -OCH3 is 1. The molecule has 0 fully saturated rings. The zero-order chi connectivity index (χ0) is 17.8. The molecule has 1 heterocycles. The maximum Gasteiger partial charge on any atom is 0.325 e. The molecule has 0 aliphatic rings. The van der Waals surface area contributed by atoms with Crippen LogP contribution in [0.15, 0.2) is 54.9 Å². The topological polar surface area (TPSA) is 71.5 Å². The Hall–Kier alpha value is -3.08. The fourth-order valence-electron chi connectivity index (χ4n) is 2.87. The van der Waals surface area contributed by atoms with Gasteiger partial charge >= 0.3 is 5.97 Å². The summed E-state index contributed by atoms with van der Waals surface area (Å²) in [4.78, 5) is 15.3. The Bertz CT molecular complexity index is 908. The summed E-state index contributed by atoms with van der Waals surface area (Å²) < 4.78 is 5.45. The van der Waals surface area contributed by atoms with Gasteiger partial charge in [-0.25, -0.2) is 0 Å². The molecule has 0 saturated heterocycles. The SMILES string of the molecule is COc1ccc(Cc2cnccc2NC(C)C(=O)O)c2ccccc12. The zero-order valence-corrected chi connectivity index (χ0v) is 14.2. The minimum absolute atomic E-state index is 0.646. The van der Waals surface area contributed by atoms with E-state index < -0.39 is 12.0 Å². The van der Waals surface area contributed by atoms with Gasteiger partial charge in [-0.15, -0.1) is 0 Å². The highest BCUT2D eigenvalue weighted by atomic mass is 16.5. The minimum atomic E-state index is -0.891. The minimum Gasteiger partial charge on any atom is -0.496 e. The van der Waals surface area contributed by atoms with Crippen LogP contribution >= 0.6 is 0 Å². The number of carboxylic acid groups (broad SMARTS) is 1. The predicted octanol–water partition coefficient (Wildman–Crippen LogP) is 3.72. The molecule has 0 radical (unpaired) electrons. The molecule has 5 nitrogen and oxygen atoms in total. The molecule has 1 aromatic heterocycles. The van der Waals surface area contributed by atoms with E-state index in [9.17, 15) is 4.79 Å². The van der Waals surface area contributed by atoms with Gasteiger partial charge in [-0.1, -0.05) is 30.3 Å². The molecule has 2 N–H and O–H groups in total. The van der Waals surface area contributed by atoms with Gasteiger partial charge in [0.15, 0.2) is 0 Å². The van der Waals surface area contributed by atoms with Crippen LogP contribution in [0.3, 0.4) is 0 Å². The standard InChI is InChI=1S/C20H20N2O3/c1-13(20(23)24)22-18-9-10-21-12-15(18)11-14-7-8-19(25-2)17-6-4-3-5-16(14)17/h3-10,12-13H,11H2,1-2H3,(H,21,22)(H,23,24). The van der Waals surface area contributed by atoms with Crippen molar-refractivity contribution in [2.45, 2.75) is 19.4 Å². The Balaban J connectivity index is 1.99. The predicted molar refractivity (Wildman–Crippen MR) is 98.3 cm³/mol. The highest BCUT2D eigenvalue weighted by Crippen LogP contribution is 2.30. The first kappa shape index (κ1) is 16.8. The Morgan fingerprint density at radius 1 is 1.16 bits per heavy atom. The lowest BCUT2D eigenvalue weighted by atomic mass is 9.97. The first-order valence-electron chi connectivity index (χ1n) is 8.07. The van der Waals surface area contributed by atoms with Crippen molar-refractivity contribution in [2.24, 2.45) is 0 Å². The third kappa shape index (κ3) is 3.55. The lowest BCUT2D eigenvalue weighted by molar-refractivity contribution is -0.137. The molecule has 128 valence electrons. The molecule has 5 heteroatoms. The van der Waals surface area contributed by atoms with E-state index in [1.54, 1.807) is 32.5 Å². The normalized spacial score (nSPS) is 11.9. The number of nitrogens with zero attached hydrogens (tertiary/aromatic N) is 1. The van der Waals surface area contributed by atoms with Crippen molar-refractivity contribution in [3.63, 3.8) is 0 Å². The van der Waals surface area contributed by atoms with Gasteiger partial charge in [0.1, 0.15) is 11.8 Å². The van der Waals surface area contributed by atoms with Crippen molar-refractivity contribution >= 4 is 22.4 Å². The van der Waals surface area contributed by atoms with E-state index in [-0.39, 0.29) is 0 Å². The summed E-state index contributed by atoms with van der Waals surface area (Å²) in [6, 6.07) is 13.2. The van der Waals surface area contributed by atoms with E-state index in [0.717, 1.165) is 33.3 Å². The molecule has 1 atom stereocenters. The number of carboxylic acids is 1. The average Bonchev–Trinajstić information content (AvgIpc) is 2.63. The van der Waals surface area contributed by atoms with Crippen molar-refractivity contribution in [2.75, 3.05) is 12.4 Å². The van der Waals surface area contributed by atoms with Crippen LogP contribution in [0.4, 0.5) is 5.69 Å². The van der Waals surface area contributed by atoms with Crippen molar-refractivity contribution in [3.05, 3.63) is 66.0 Å². The number of rotatable bonds is 6. The molecule has 3 aromatic rings. The van der Waals surface area contributed by atoms with Crippen LogP contribution in [0.25, 0.3) is 10.8 Å². The Kier molecular flexibility index (Phi) is 4.84. The van der Waals surface area contributed by atoms with Gasteiger partial charge in [0.2, 0.25) is 0 Å². The lowest BCUT2D eigenvalue weighted by Crippen LogP contribution is -2.26. The summed E-state index contributed by atoms with van der Waals surface area (Å²) in [7, 11) is 1.66. The number of hydrogen-bond acceptors (Lipinski definition) is 4. The summed E-state index contributed by atoms with van der Waals surface area (Å²) in [5.41, 5.74) is 2.87. The molecule has 25 heavy (non-hydrogen) atoms. The highest BCUT2D eigenvalue weighted by molar-refractivity contribution is 5.91. The average molecular weight is 336 g/mol. The quantitative estimate of drug-likeness (QED) is 0.718. The molecule has 2 aromatic carbocycles. The molecule has 0 aliphatic heterocycles. The summed E-state index contributed by atoms with van der Waals surface area (Å²) in [6.07, 6.45) is 4.08. The van der Waals surface area contributed by atoms with Gasteiger partial charge in [0.05, 0.1) is 7.11 Å². The number of hydrogen-bond donors (Lipinski definition) is 2. The molecule has 0 aliphatic carbocycles. The van der Waals surface area contributed by atoms with E-state index in [2.05, 4.69) is 16.4 Å². The molecular weight excluding hydrogens is 316 g/mol. The van der Waals surface area contributed by atoms with E-state index in [1.165, 1.54) is 0 Å². The zero-order valence-electron chi connectivity index (χ0n) is 14.2. The largest absolute Gasteiger partial charge is 0.496 e. The summed E-state index contributed by atoms with van der Waals surface area (Å²) in [5, 5.41) is 14.3. The Labute approximate surface area is 146 Å². The van der Waals surface area contributed by atoms with Gasteiger partial charge in [-0.3, -0.25) is 9.78 Å². The second-order valence-corrected chi connectivity index (χ2v) is 5.89. The Morgan fingerprint density at radius 2 is 1.92 bits per heavy atom. The summed E-state index contributed by atoms with van der Waals surface area (Å²) in [5.74, 6) is -0.0546. The van der Waals surface area contributed by atoms with E-state index >= 15 is 0 Å². The number of fused-ring (bicyclic) bond motifs is 1. The van der Waals surface area contributed by atoms with Crippen molar-refractivity contribution in [3.8, 4) is 5.75 Å². The van der Waals surface area contributed by atoms with Crippen LogP contribution in [0.1, 0.15) is 18.1 Å². The number of pyridine rings is 1. The smallest absolute Gasteiger partial charge is 0.325 e. The van der Waals surface area contributed by atoms with Crippen LogP contribution in [0.2, 0.25) is 0 Å². The molecule has 0 saturated carbocycles. The van der Waals surface area contributed by atoms with Crippen LogP contribution in [-0.4, -0.2) is 29.2 Å². The third-order valence-electron chi connectivity index (χ3n) is 4.22. The number of aliphatic carboxylic acids is 1. The van der Waals surface area contributed by atoms with E-state index in [0.29, 0.717) is 6.42 Å². The van der Waals surface area contributed by atoms with Gasteiger partial charge < -0.3 is 15.2 Å². The fraction of sp³-hybridized carbons (Fsp3) is 0.200. The number of ether oxygens (including phenoxy) is 1. The monoisotopic (exact) mass is 336 g/mol. The van der Waals surface area contributed by atoms with Gasteiger partial charge in [-0.05, 0) is 35.6 Å².